The number of ether oxygens (including phenoxy) is 2. The molecule has 0 saturated carbocycles. The van der Waals surface area contributed by atoms with Gasteiger partial charge in [-0.05, 0) is 26.0 Å². The number of nitriles is 1. The second-order valence-corrected chi connectivity index (χ2v) is 4.89. The number of guanidine groups is 1. The first-order valence-electron chi connectivity index (χ1n) is 6.12. The topological polar surface area (TPSA) is 92.7 Å². The molecule has 0 radical (unpaired) electrons. The zero-order valence-corrected chi connectivity index (χ0v) is 12.2. The zero-order valence-electron chi connectivity index (χ0n) is 12.2. The van der Waals surface area contributed by atoms with E-state index in [9.17, 15) is 0 Å². The Morgan fingerprint density at radius 3 is 2.65 bits per heavy atom. The first-order valence-corrected chi connectivity index (χ1v) is 6.12. The number of aliphatic imine (C=N–C) groups is 1. The number of hydrogen-bond acceptors (Lipinski definition) is 4. The van der Waals surface area contributed by atoms with Gasteiger partial charge in [-0.2, -0.15) is 5.26 Å². The average molecular weight is 276 g/mol. The van der Waals surface area contributed by atoms with Crippen molar-refractivity contribution in [3.63, 3.8) is 0 Å². The van der Waals surface area contributed by atoms with Crippen LogP contribution >= 0.6 is 0 Å². The maximum absolute atomic E-state index is 8.93. The van der Waals surface area contributed by atoms with Crippen LogP contribution in [0.15, 0.2) is 23.2 Å². The van der Waals surface area contributed by atoms with E-state index >= 15 is 0 Å². The highest BCUT2D eigenvalue weighted by Gasteiger charge is 2.16. The van der Waals surface area contributed by atoms with Gasteiger partial charge in [0.2, 0.25) is 0 Å². The Bertz CT molecular complexity index is 532. The van der Waals surface area contributed by atoms with Crippen molar-refractivity contribution in [2.45, 2.75) is 13.8 Å². The summed E-state index contributed by atoms with van der Waals surface area (Å²) in [6.45, 7) is 3.92. The molecule has 0 aliphatic rings. The smallest absolute Gasteiger partial charge is 0.193 e. The van der Waals surface area contributed by atoms with Crippen LogP contribution in [-0.4, -0.2) is 26.7 Å². The summed E-state index contributed by atoms with van der Waals surface area (Å²) in [7, 11) is 3.15. The van der Waals surface area contributed by atoms with Crippen LogP contribution in [0.4, 0.5) is 5.69 Å². The minimum Gasteiger partial charge on any atom is -0.497 e. The van der Waals surface area contributed by atoms with E-state index in [4.69, 9.17) is 20.5 Å². The number of nitrogens with zero attached hydrogens (tertiary/aromatic N) is 2. The van der Waals surface area contributed by atoms with Crippen molar-refractivity contribution in [3.05, 3.63) is 18.2 Å². The molecule has 0 amide bonds. The van der Waals surface area contributed by atoms with Gasteiger partial charge in [-0.3, -0.25) is 4.99 Å². The number of hydrogen-bond donors (Lipinski definition) is 2. The molecule has 0 aliphatic heterocycles. The summed E-state index contributed by atoms with van der Waals surface area (Å²) in [6.07, 6.45) is 0. The van der Waals surface area contributed by atoms with E-state index in [1.54, 1.807) is 46.3 Å². The van der Waals surface area contributed by atoms with E-state index in [-0.39, 0.29) is 5.96 Å². The van der Waals surface area contributed by atoms with Gasteiger partial charge in [0, 0.05) is 6.07 Å². The highest BCUT2D eigenvalue weighted by Crippen LogP contribution is 2.28. The Morgan fingerprint density at radius 1 is 1.40 bits per heavy atom. The average Bonchev–Trinajstić information content (AvgIpc) is 2.45. The van der Waals surface area contributed by atoms with Gasteiger partial charge >= 0.3 is 0 Å². The van der Waals surface area contributed by atoms with Gasteiger partial charge in [0.1, 0.15) is 11.5 Å². The number of nitrogens with two attached hydrogens (primary N) is 1. The Hall–Kier alpha value is -2.42. The molecule has 20 heavy (non-hydrogen) atoms. The molecule has 0 aromatic heterocycles. The molecule has 6 nitrogen and oxygen atoms in total. The molecule has 0 atom stereocenters. The maximum atomic E-state index is 8.93. The van der Waals surface area contributed by atoms with Gasteiger partial charge in [-0.1, -0.05) is 0 Å². The third kappa shape index (κ3) is 4.35. The summed E-state index contributed by atoms with van der Waals surface area (Å²) in [5, 5.41) is 11.9. The monoisotopic (exact) mass is 276 g/mol. The Balaban J connectivity index is 2.87. The lowest BCUT2D eigenvalue weighted by Crippen LogP contribution is -2.25. The minimum atomic E-state index is -0.551. The summed E-state index contributed by atoms with van der Waals surface area (Å²) in [5.41, 5.74) is 5.92. The predicted octanol–water partition coefficient (Wildman–Crippen LogP) is 1.98. The van der Waals surface area contributed by atoms with Gasteiger partial charge < -0.3 is 20.5 Å². The highest BCUT2D eigenvalue weighted by molar-refractivity contribution is 5.94. The summed E-state index contributed by atoms with van der Waals surface area (Å²) in [6, 6.07) is 7.49. The molecule has 0 saturated heterocycles. The van der Waals surface area contributed by atoms with Gasteiger partial charge in [-0.15, -0.1) is 0 Å². The van der Waals surface area contributed by atoms with Crippen molar-refractivity contribution >= 4 is 11.6 Å². The lowest BCUT2D eigenvalue weighted by Gasteiger charge is -2.14. The van der Waals surface area contributed by atoms with Crippen LogP contribution in [0.25, 0.3) is 0 Å². The summed E-state index contributed by atoms with van der Waals surface area (Å²) in [5.74, 6) is 1.53. The van der Waals surface area contributed by atoms with E-state index in [0.29, 0.717) is 23.7 Å². The van der Waals surface area contributed by atoms with Crippen LogP contribution < -0.4 is 20.5 Å². The van der Waals surface area contributed by atoms with E-state index < -0.39 is 5.41 Å². The van der Waals surface area contributed by atoms with E-state index in [0.717, 1.165) is 0 Å². The molecule has 0 bridgehead atoms. The summed E-state index contributed by atoms with van der Waals surface area (Å²) < 4.78 is 10.4. The highest BCUT2D eigenvalue weighted by atomic mass is 16.5. The molecule has 3 N–H and O–H groups in total. The molecule has 0 unspecified atom stereocenters. The van der Waals surface area contributed by atoms with Crippen LogP contribution in [0, 0.1) is 16.7 Å². The van der Waals surface area contributed by atoms with Crippen molar-refractivity contribution in [2.24, 2.45) is 16.1 Å². The standard InChI is InChI=1S/C14H20N4O2/c1-14(2,8-15)9-17-13(16)18-11-7-10(19-3)5-6-12(11)20-4/h5-7H,9H2,1-4H3,(H3,16,17,18). The largest absolute Gasteiger partial charge is 0.497 e. The molecule has 0 fully saturated rings. The summed E-state index contributed by atoms with van der Waals surface area (Å²) >= 11 is 0. The zero-order chi connectivity index (χ0) is 15.2. The van der Waals surface area contributed by atoms with Crippen molar-refractivity contribution in [3.8, 4) is 17.6 Å². The molecule has 0 spiro atoms. The molecule has 6 heteroatoms. The van der Waals surface area contributed by atoms with Crippen molar-refractivity contribution in [2.75, 3.05) is 26.1 Å². The molecule has 0 heterocycles. The fraction of sp³-hybridized carbons (Fsp3) is 0.429. The van der Waals surface area contributed by atoms with Crippen molar-refractivity contribution in [1.82, 2.24) is 0 Å². The quantitative estimate of drug-likeness (QED) is 0.633. The lowest BCUT2D eigenvalue weighted by atomic mass is 9.96. The second-order valence-electron chi connectivity index (χ2n) is 4.89. The minimum absolute atomic E-state index is 0.222. The van der Waals surface area contributed by atoms with Crippen LogP contribution in [0.3, 0.4) is 0 Å². The fourth-order valence-corrected chi connectivity index (χ4v) is 1.41. The van der Waals surface area contributed by atoms with E-state index in [1.807, 2.05) is 0 Å². The van der Waals surface area contributed by atoms with Crippen molar-refractivity contribution < 1.29 is 9.47 Å². The number of rotatable bonds is 5. The fourth-order valence-electron chi connectivity index (χ4n) is 1.41. The molecular formula is C14H20N4O2. The summed E-state index contributed by atoms with van der Waals surface area (Å²) in [4.78, 5) is 4.16. The Labute approximate surface area is 119 Å². The van der Waals surface area contributed by atoms with E-state index in [2.05, 4.69) is 16.4 Å². The number of nitrogens with one attached hydrogen (secondary N) is 1. The lowest BCUT2D eigenvalue weighted by molar-refractivity contribution is 0.405. The second kappa shape index (κ2) is 6.66. The predicted molar refractivity (Wildman–Crippen MR) is 79.1 cm³/mol. The molecule has 108 valence electrons. The number of benzene rings is 1. The van der Waals surface area contributed by atoms with Gasteiger partial charge in [0.05, 0.1) is 37.9 Å². The van der Waals surface area contributed by atoms with Gasteiger partial charge in [0.25, 0.3) is 0 Å². The number of methoxy groups -OCH3 is 2. The molecular weight excluding hydrogens is 256 g/mol. The van der Waals surface area contributed by atoms with Gasteiger partial charge in [-0.25, -0.2) is 0 Å². The third-order valence-corrected chi connectivity index (χ3v) is 2.62. The Kier molecular flexibility index (Phi) is 5.21. The van der Waals surface area contributed by atoms with Gasteiger partial charge in [0.15, 0.2) is 5.96 Å². The number of anilines is 1. The van der Waals surface area contributed by atoms with Crippen LogP contribution in [0.2, 0.25) is 0 Å². The Morgan fingerprint density at radius 2 is 2.10 bits per heavy atom. The molecule has 1 aromatic carbocycles. The van der Waals surface area contributed by atoms with E-state index in [1.165, 1.54) is 0 Å². The third-order valence-electron chi connectivity index (χ3n) is 2.62. The van der Waals surface area contributed by atoms with Crippen LogP contribution in [0.1, 0.15) is 13.8 Å². The maximum Gasteiger partial charge on any atom is 0.193 e. The molecule has 1 rings (SSSR count). The molecule has 1 aromatic rings. The first-order chi connectivity index (χ1) is 9.41. The SMILES string of the molecule is COc1ccc(OC)c(NC(N)=NCC(C)(C)C#N)c1. The normalized spacial score (nSPS) is 11.7. The van der Waals surface area contributed by atoms with Crippen molar-refractivity contribution in [1.29, 1.82) is 5.26 Å². The first kappa shape index (κ1) is 15.6. The molecule has 0 aliphatic carbocycles. The van der Waals surface area contributed by atoms with Crippen LogP contribution in [-0.2, 0) is 0 Å². The van der Waals surface area contributed by atoms with Crippen LogP contribution in [0.5, 0.6) is 11.5 Å².